The second-order valence-electron chi connectivity index (χ2n) is 5.75. The third kappa shape index (κ3) is 6.36. The molecule has 0 bridgehead atoms. The number of carbonyl (C=O) groups is 2. The number of aromatic nitrogens is 2. The molecule has 20 heavy (non-hydrogen) atoms. The van der Waals surface area contributed by atoms with Crippen molar-refractivity contribution in [1.29, 1.82) is 0 Å². The van der Waals surface area contributed by atoms with Crippen LogP contribution in [0.15, 0.2) is 12.4 Å². The molecule has 3 N–H and O–H groups in total. The molecule has 1 rings (SSSR count). The molecule has 2 amide bonds. The highest BCUT2D eigenvalue weighted by atomic mass is 16.2. The van der Waals surface area contributed by atoms with Crippen LogP contribution < -0.4 is 10.6 Å². The van der Waals surface area contributed by atoms with E-state index in [2.05, 4.69) is 20.6 Å². The zero-order valence-electron chi connectivity index (χ0n) is 12.5. The summed E-state index contributed by atoms with van der Waals surface area (Å²) in [5.74, 6) is 0.846. The molecule has 112 valence electrons. The maximum atomic E-state index is 11.6. The standard InChI is InChI=1S/C14H24N4O2/c1-14(2,3)13(20)18-8-6-12(19)17-7-4-5-11-15-9-10-16-11/h9-10H,4-8H2,1-3H3,(H,15,16)(H,17,19)(H,18,20). The lowest BCUT2D eigenvalue weighted by molar-refractivity contribution is -0.128. The van der Waals surface area contributed by atoms with Gasteiger partial charge in [-0.25, -0.2) is 4.98 Å². The van der Waals surface area contributed by atoms with Crippen molar-refractivity contribution in [3.05, 3.63) is 18.2 Å². The lowest BCUT2D eigenvalue weighted by Gasteiger charge is -2.17. The van der Waals surface area contributed by atoms with E-state index in [4.69, 9.17) is 0 Å². The van der Waals surface area contributed by atoms with Crippen LogP contribution in [0.2, 0.25) is 0 Å². The lowest BCUT2D eigenvalue weighted by Crippen LogP contribution is -2.37. The zero-order chi connectivity index (χ0) is 15.0. The largest absolute Gasteiger partial charge is 0.356 e. The summed E-state index contributed by atoms with van der Waals surface area (Å²) in [4.78, 5) is 30.3. The van der Waals surface area contributed by atoms with Crippen LogP contribution in [0.5, 0.6) is 0 Å². The molecule has 0 radical (unpaired) electrons. The highest BCUT2D eigenvalue weighted by Crippen LogP contribution is 2.11. The number of aryl methyl sites for hydroxylation is 1. The number of aromatic amines is 1. The molecule has 0 aliphatic rings. The normalized spacial score (nSPS) is 11.2. The highest BCUT2D eigenvalue weighted by Gasteiger charge is 2.20. The smallest absolute Gasteiger partial charge is 0.225 e. The summed E-state index contributed by atoms with van der Waals surface area (Å²) in [5.41, 5.74) is -0.417. The Bertz CT molecular complexity index is 421. The molecule has 0 unspecified atom stereocenters. The molecule has 1 aromatic heterocycles. The van der Waals surface area contributed by atoms with Crippen molar-refractivity contribution >= 4 is 11.8 Å². The van der Waals surface area contributed by atoms with Crippen molar-refractivity contribution in [3.63, 3.8) is 0 Å². The molecule has 0 aliphatic carbocycles. The van der Waals surface area contributed by atoms with Crippen LogP contribution in [-0.4, -0.2) is 34.9 Å². The number of H-pyrrole nitrogens is 1. The van der Waals surface area contributed by atoms with Crippen molar-refractivity contribution in [2.45, 2.75) is 40.0 Å². The van der Waals surface area contributed by atoms with Gasteiger partial charge in [-0.2, -0.15) is 0 Å². The number of amides is 2. The van der Waals surface area contributed by atoms with E-state index in [0.717, 1.165) is 18.7 Å². The van der Waals surface area contributed by atoms with E-state index in [1.807, 2.05) is 20.8 Å². The summed E-state index contributed by atoms with van der Waals surface area (Å²) in [6.45, 7) is 6.53. The molecular formula is C14H24N4O2. The van der Waals surface area contributed by atoms with Crippen molar-refractivity contribution in [2.24, 2.45) is 5.41 Å². The number of nitrogens with zero attached hydrogens (tertiary/aromatic N) is 1. The summed E-state index contributed by atoms with van der Waals surface area (Å²) in [6.07, 6.45) is 5.46. The maximum absolute atomic E-state index is 11.6. The molecular weight excluding hydrogens is 256 g/mol. The number of carbonyl (C=O) groups excluding carboxylic acids is 2. The van der Waals surface area contributed by atoms with Crippen LogP contribution >= 0.6 is 0 Å². The van der Waals surface area contributed by atoms with Gasteiger partial charge in [-0.3, -0.25) is 9.59 Å². The molecule has 6 nitrogen and oxygen atoms in total. The van der Waals surface area contributed by atoms with Gasteiger partial charge in [-0.05, 0) is 6.42 Å². The van der Waals surface area contributed by atoms with Gasteiger partial charge < -0.3 is 15.6 Å². The summed E-state index contributed by atoms with van der Waals surface area (Å²) in [5, 5.41) is 5.58. The molecule has 0 fully saturated rings. The van der Waals surface area contributed by atoms with Gasteiger partial charge in [-0.1, -0.05) is 20.8 Å². The molecule has 0 atom stereocenters. The topological polar surface area (TPSA) is 86.9 Å². The van der Waals surface area contributed by atoms with E-state index in [0.29, 0.717) is 19.5 Å². The number of hydrogen-bond donors (Lipinski definition) is 3. The number of rotatable bonds is 7. The quantitative estimate of drug-likeness (QED) is 0.651. The summed E-state index contributed by atoms with van der Waals surface area (Å²) in [6, 6.07) is 0. The van der Waals surface area contributed by atoms with Gasteiger partial charge in [0.25, 0.3) is 0 Å². The first-order valence-electron chi connectivity index (χ1n) is 6.93. The zero-order valence-corrected chi connectivity index (χ0v) is 12.5. The second kappa shape index (κ2) is 7.67. The van der Waals surface area contributed by atoms with Crippen LogP contribution in [0.3, 0.4) is 0 Å². The first-order chi connectivity index (χ1) is 9.39. The molecule has 0 saturated heterocycles. The Morgan fingerprint density at radius 3 is 2.60 bits per heavy atom. The Balaban J connectivity index is 2.04. The molecule has 0 saturated carbocycles. The van der Waals surface area contributed by atoms with Crippen LogP contribution in [-0.2, 0) is 16.0 Å². The molecule has 0 spiro atoms. The van der Waals surface area contributed by atoms with Gasteiger partial charge in [0.15, 0.2) is 0 Å². The van der Waals surface area contributed by atoms with Gasteiger partial charge in [-0.15, -0.1) is 0 Å². The maximum Gasteiger partial charge on any atom is 0.225 e. The highest BCUT2D eigenvalue weighted by molar-refractivity contribution is 5.82. The van der Waals surface area contributed by atoms with Crippen molar-refractivity contribution in [1.82, 2.24) is 20.6 Å². The fourth-order valence-electron chi connectivity index (χ4n) is 1.56. The van der Waals surface area contributed by atoms with E-state index in [-0.39, 0.29) is 11.8 Å². The molecule has 6 heteroatoms. The molecule has 0 aliphatic heterocycles. The van der Waals surface area contributed by atoms with Crippen molar-refractivity contribution in [3.8, 4) is 0 Å². The SMILES string of the molecule is CC(C)(C)C(=O)NCCC(=O)NCCCc1ncc[nH]1. The van der Waals surface area contributed by atoms with E-state index < -0.39 is 5.41 Å². The van der Waals surface area contributed by atoms with E-state index in [1.165, 1.54) is 0 Å². The third-order valence-corrected chi connectivity index (χ3v) is 2.79. The van der Waals surface area contributed by atoms with Crippen LogP contribution in [0, 0.1) is 5.41 Å². The minimum absolute atomic E-state index is 0.0388. The third-order valence-electron chi connectivity index (χ3n) is 2.79. The first kappa shape index (κ1) is 16.2. The Kier molecular flexibility index (Phi) is 6.21. The van der Waals surface area contributed by atoms with E-state index >= 15 is 0 Å². The van der Waals surface area contributed by atoms with Crippen LogP contribution in [0.1, 0.15) is 39.4 Å². The number of nitrogens with one attached hydrogen (secondary N) is 3. The fraction of sp³-hybridized carbons (Fsp3) is 0.643. The van der Waals surface area contributed by atoms with E-state index in [1.54, 1.807) is 12.4 Å². The second-order valence-corrected chi connectivity index (χ2v) is 5.75. The molecule has 1 aromatic rings. The van der Waals surface area contributed by atoms with Gasteiger partial charge in [0.1, 0.15) is 5.82 Å². The predicted molar refractivity (Wildman–Crippen MR) is 77.0 cm³/mol. The Morgan fingerprint density at radius 2 is 2.00 bits per heavy atom. The summed E-state index contributed by atoms with van der Waals surface area (Å²) < 4.78 is 0. The van der Waals surface area contributed by atoms with Crippen LogP contribution in [0.25, 0.3) is 0 Å². The van der Waals surface area contributed by atoms with Gasteiger partial charge >= 0.3 is 0 Å². The Morgan fingerprint density at radius 1 is 1.25 bits per heavy atom. The predicted octanol–water partition coefficient (Wildman–Crippen LogP) is 1.01. The lowest BCUT2D eigenvalue weighted by atomic mass is 9.96. The Labute approximate surface area is 119 Å². The first-order valence-corrected chi connectivity index (χ1v) is 6.93. The molecule has 1 heterocycles. The minimum Gasteiger partial charge on any atom is -0.356 e. The van der Waals surface area contributed by atoms with Gasteiger partial charge in [0.2, 0.25) is 11.8 Å². The molecule has 0 aromatic carbocycles. The summed E-state index contributed by atoms with van der Waals surface area (Å²) >= 11 is 0. The monoisotopic (exact) mass is 280 g/mol. The number of imidazole rings is 1. The fourth-order valence-corrected chi connectivity index (χ4v) is 1.56. The average Bonchev–Trinajstić information content (AvgIpc) is 2.86. The Hall–Kier alpha value is -1.85. The number of hydrogen-bond acceptors (Lipinski definition) is 3. The van der Waals surface area contributed by atoms with E-state index in [9.17, 15) is 9.59 Å². The average molecular weight is 280 g/mol. The van der Waals surface area contributed by atoms with Gasteiger partial charge in [0.05, 0.1) is 0 Å². The summed E-state index contributed by atoms with van der Waals surface area (Å²) in [7, 11) is 0. The van der Waals surface area contributed by atoms with Crippen molar-refractivity contribution in [2.75, 3.05) is 13.1 Å². The van der Waals surface area contributed by atoms with Crippen LogP contribution in [0.4, 0.5) is 0 Å². The van der Waals surface area contributed by atoms with Gasteiger partial charge in [0, 0.05) is 43.7 Å². The minimum atomic E-state index is -0.417. The van der Waals surface area contributed by atoms with Crippen molar-refractivity contribution < 1.29 is 9.59 Å².